The molecule has 2 fully saturated rings. The zero-order valence-corrected chi connectivity index (χ0v) is 15.7. The Balaban J connectivity index is 1.75. The normalized spacial score (nSPS) is 21.5. The number of likely N-dealkylation sites (tertiary alicyclic amines) is 1. The van der Waals surface area contributed by atoms with Crippen LogP contribution in [0.1, 0.15) is 36.8 Å². The van der Waals surface area contributed by atoms with E-state index in [0.717, 1.165) is 47.1 Å². The van der Waals surface area contributed by atoms with Crippen LogP contribution in [0, 0.1) is 13.8 Å². The van der Waals surface area contributed by atoms with Crippen LogP contribution in [0.5, 0.6) is 0 Å². The number of piperidine rings is 1. The second kappa shape index (κ2) is 7.23. The van der Waals surface area contributed by atoms with Gasteiger partial charge in [0, 0.05) is 19.5 Å². The molecule has 1 aromatic rings. The molecule has 0 saturated carbocycles. The lowest BCUT2D eigenvalue weighted by molar-refractivity contribution is -0.121. The van der Waals surface area contributed by atoms with Crippen molar-refractivity contribution in [2.45, 2.75) is 44.8 Å². The van der Waals surface area contributed by atoms with Crippen molar-refractivity contribution in [1.29, 1.82) is 0 Å². The fourth-order valence-electron chi connectivity index (χ4n) is 3.36. The third-order valence-corrected chi connectivity index (χ3v) is 6.29. The molecule has 0 aliphatic carbocycles. The molecule has 2 aliphatic rings. The Morgan fingerprint density at radius 2 is 1.75 bits per heavy atom. The number of carbonyl (C=O) groups is 2. The third-order valence-electron chi connectivity index (χ3n) is 4.63. The fourth-order valence-corrected chi connectivity index (χ4v) is 4.90. The van der Waals surface area contributed by atoms with E-state index in [1.54, 1.807) is 0 Å². The molecule has 2 amide bonds. The van der Waals surface area contributed by atoms with E-state index >= 15 is 0 Å². The molecule has 0 bridgehead atoms. The van der Waals surface area contributed by atoms with E-state index in [0.29, 0.717) is 0 Å². The molecule has 2 saturated heterocycles. The summed E-state index contributed by atoms with van der Waals surface area (Å²) in [7, 11) is 0. The van der Waals surface area contributed by atoms with Gasteiger partial charge in [-0.3, -0.25) is 9.59 Å². The van der Waals surface area contributed by atoms with E-state index in [-0.39, 0.29) is 18.2 Å². The van der Waals surface area contributed by atoms with E-state index in [1.165, 1.54) is 23.1 Å². The molecule has 1 unspecified atom stereocenters. The zero-order valence-electron chi connectivity index (χ0n) is 14.1. The summed E-state index contributed by atoms with van der Waals surface area (Å²) in [6.07, 6.45) is 3.76. The smallest absolute Gasteiger partial charge is 0.247 e. The second-order valence-corrected chi connectivity index (χ2v) is 8.27. The minimum absolute atomic E-state index is 0.128. The number of hydrogen-bond acceptors (Lipinski definition) is 4. The van der Waals surface area contributed by atoms with Gasteiger partial charge in [0.15, 0.2) is 0 Å². The van der Waals surface area contributed by atoms with Crippen molar-refractivity contribution in [1.82, 2.24) is 4.90 Å². The van der Waals surface area contributed by atoms with Crippen LogP contribution in [0.4, 0.5) is 5.69 Å². The lowest BCUT2D eigenvalue weighted by atomic mass is 10.1. The van der Waals surface area contributed by atoms with E-state index < -0.39 is 5.25 Å². The van der Waals surface area contributed by atoms with Crippen LogP contribution in [-0.4, -0.2) is 39.4 Å². The number of hydrogen-bond donors (Lipinski definition) is 0. The van der Waals surface area contributed by atoms with Crippen LogP contribution in [0.15, 0.2) is 18.2 Å². The van der Waals surface area contributed by atoms with Crippen molar-refractivity contribution in [3.8, 4) is 0 Å². The van der Waals surface area contributed by atoms with Gasteiger partial charge in [0.1, 0.15) is 9.57 Å². The average molecular weight is 363 g/mol. The molecule has 0 N–H and O–H groups in total. The van der Waals surface area contributed by atoms with Gasteiger partial charge in [-0.2, -0.15) is 0 Å². The van der Waals surface area contributed by atoms with Crippen LogP contribution in [0.2, 0.25) is 0 Å². The van der Waals surface area contributed by atoms with Gasteiger partial charge in [0.2, 0.25) is 11.8 Å². The topological polar surface area (TPSA) is 40.6 Å². The number of benzene rings is 1. The van der Waals surface area contributed by atoms with Gasteiger partial charge in [-0.1, -0.05) is 42.2 Å². The first-order chi connectivity index (χ1) is 11.5. The molecule has 0 radical (unpaired) electrons. The molecule has 3 rings (SSSR count). The minimum Gasteiger partial charge on any atom is -0.358 e. The molecule has 2 heterocycles. The first kappa shape index (κ1) is 17.4. The van der Waals surface area contributed by atoms with Crippen molar-refractivity contribution < 1.29 is 9.59 Å². The first-order valence-electron chi connectivity index (χ1n) is 8.37. The SMILES string of the molecule is Cc1cccc(C)c1N1C(=O)CC(SC(=S)N2CCCCC2)C1=O. The number of thiocarbonyl (C=S) groups is 1. The predicted molar refractivity (Wildman–Crippen MR) is 102 cm³/mol. The molecular weight excluding hydrogens is 340 g/mol. The van der Waals surface area contributed by atoms with Gasteiger partial charge in [-0.05, 0) is 44.2 Å². The van der Waals surface area contributed by atoms with Crippen LogP contribution < -0.4 is 4.90 Å². The Bertz CT molecular complexity index is 663. The maximum Gasteiger partial charge on any atom is 0.247 e. The monoisotopic (exact) mass is 362 g/mol. The quantitative estimate of drug-likeness (QED) is 0.595. The molecule has 1 aromatic carbocycles. The highest BCUT2D eigenvalue weighted by Gasteiger charge is 2.42. The Morgan fingerprint density at radius 1 is 1.12 bits per heavy atom. The number of anilines is 1. The number of para-hydroxylation sites is 1. The molecule has 1 atom stereocenters. The summed E-state index contributed by atoms with van der Waals surface area (Å²) in [6, 6.07) is 5.81. The largest absolute Gasteiger partial charge is 0.358 e. The molecule has 0 aromatic heterocycles. The summed E-state index contributed by atoms with van der Waals surface area (Å²) in [6.45, 7) is 5.78. The summed E-state index contributed by atoms with van der Waals surface area (Å²) in [4.78, 5) is 28.9. The highest BCUT2D eigenvalue weighted by molar-refractivity contribution is 8.23. The van der Waals surface area contributed by atoms with E-state index in [4.69, 9.17) is 12.2 Å². The van der Waals surface area contributed by atoms with Gasteiger partial charge in [0.05, 0.1) is 5.69 Å². The molecule has 6 heteroatoms. The van der Waals surface area contributed by atoms with Crippen molar-refractivity contribution in [3.63, 3.8) is 0 Å². The maximum atomic E-state index is 12.8. The second-order valence-electron chi connectivity index (χ2n) is 6.43. The van der Waals surface area contributed by atoms with Crippen LogP contribution in [-0.2, 0) is 9.59 Å². The number of thioether (sulfide) groups is 1. The van der Waals surface area contributed by atoms with Gasteiger partial charge in [0.25, 0.3) is 0 Å². The van der Waals surface area contributed by atoms with Crippen molar-refractivity contribution in [2.24, 2.45) is 0 Å². The van der Waals surface area contributed by atoms with Gasteiger partial charge >= 0.3 is 0 Å². The minimum atomic E-state index is -0.397. The number of imide groups is 1. The Kier molecular flexibility index (Phi) is 5.25. The molecule has 24 heavy (non-hydrogen) atoms. The number of aryl methyl sites for hydroxylation is 2. The van der Waals surface area contributed by atoms with E-state index in [1.807, 2.05) is 32.0 Å². The molecule has 0 spiro atoms. The average Bonchev–Trinajstić information content (AvgIpc) is 2.83. The highest BCUT2D eigenvalue weighted by Crippen LogP contribution is 2.34. The van der Waals surface area contributed by atoms with Crippen molar-refractivity contribution in [3.05, 3.63) is 29.3 Å². The Hall–Kier alpha value is -1.40. The Morgan fingerprint density at radius 3 is 2.38 bits per heavy atom. The lowest BCUT2D eigenvalue weighted by Crippen LogP contribution is -2.36. The van der Waals surface area contributed by atoms with E-state index in [2.05, 4.69) is 4.90 Å². The summed E-state index contributed by atoms with van der Waals surface area (Å²) >= 11 is 6.90. The van der Waals surface area contributed by atoms with Crippen molar-refractivity contribution in [2.75, 3.05) is 18.0 Å². The zero-order chi connectivity index (χ0) is 17.3. The first-order valence-corrected chi connectivity index (χ1v) is 9.66. The predicted octanol–water partition coefficient (Wildman–Crippen LogP) is 3.44. The molecule has 2 aliphatic heterocycles. The lowest BCUT2D eigenvalue weighted by Gasteiger charge is -2.29. The number of rotatable bonds is 2. The fraction of sp³-hybridized carbons (Fsp3) is 0.500. The maximum absolute atomic E-state index is 12.8. The summed E-state index contributed by atoms with van der Waals surface area (Å²) in [5.74, 6) is -0.266. The van der Waals surface area contributed by atoms with E-state index in [9.17, 15) is 9.59 Å². The number of carbonyl (C=O) groups excluding carboxylic acids is 2. The van der Waals surface area contributed by atoms with Gasteiger partial charge in [-0.15, -0.1) is 0 Å². The van der Waals surface area contributed by atoms with Crippen LogP contribution in [0.25, 0.3) is 0 Å². The van der Waals surface area contributed by atoms with Gasteiger partial charge < -0.3 is 4.90 Å². The molecular formula is C18H22N2O2S2. The van der Waals surface area contributed by atoms with Crippen LogP contribution in [0.3, 0.4) is 0 Å². The number of amides is 2. The van der Waals surface area contributed by atoms with Gasteiger partial charge in [-0.25, -0.2) is 4.90 Å². The van der Waals surface area contributed by atoms with Crippen LogP contribution >= 0.6 is 24.0 Å². The standard InChI is InChI=1S/C18H22N2O2S2/c1-12-7-6-8-13(2)16(12)20-15(21)11-14(17(20)22)24-18(23)19-9-4-3-5-10-19/h6-8,14H,3-5,9-11H2,1-2H3. The summed E-state index contributed by atoms with van der Waals surface area (Å²) in [5.41, 5.74) is 2.63. The molecule has 128 valence electrons. The van der Waals surface area contributed by atoms with Crippen molar-refractivity contribution >= 4 is 45.8 Å². The molecule has 4 nitrogen and oxygen atoms in total. The number of nitrogens with zero attached hydrogens (tertiary/aromatic N) is 2. The Labute approximate surface area is 152 Å². The highest BCUT2D eigenvalue weighted by atomic mass is 32.2. The third kappa shape index (κ3) is 3.35. The summed E-state index contributed by atoms with van der Waals surface area (Å²) < 4.78 is 0.754. The summed E-state index contributed by atoms with van der Waals surface area (Å²) in [5, 5.41) is -0.397.